The number of rotatable bonds is 13. The van der Waals surface area contributed by atoms with E-state index in [1.54, 1.807) is 12.4 Å². The molecule has 0 bridgehead atoms. The summed E-state index contributed by atoms with van der Waals surface area (Å²) in [5.41, 5.74) is 19.2. The summed E-state index contributed by atoms with van der Waals surface area (Å²) in [6, 6.07) is 96.6. The van der Waals surface area contributed by atoms with Crippen LogP contribution in [0.3, 0.4) is 0 Å². The molecule has 0 amide bonds. The van der Waals surface area contributed by atoms with Crippen LogP contribution in [0, 0.1) is 12.1 Å². The normalized spacial score (nSPS) is 12.0. The minimum absolute atomic E-state index is 0. The second-order valence-electron chi connectivity index (χ2n) is 22.3. The molecule has 0 spiro atoms. The molecule has 0 aliphatic carbocycles. The molecule has 7 heteroatoms. The molecule has 86 heavy (non-hydrogen) atoms. The minimum atomic E-state index is -1.53. The van der Waals surface area contributed by atoms with E-state index in [4.69, 9.17) is 14.4 Å². The Morgan fingerprint density at radius 1 is 0.500 bits per heavy atom. The van der Waals surface area contributed by atoms with Crippen molar-refractivity contribution in [3.63, 3.8) is 0 Å². The largest absolute Gasteiger partial charge is 0.501 e. The first-order chi connectivity index (χ1) is 41.7. The van der Waals surface area contributed by atoms with Gasteiger partial charge in [-0.15, -0.1) is 53.6 Å². The van der Waals surface area contributed by atoms with Crippen LogP contribution in [0.4, 0.5) is 0 Å². The Kier molecular flexibility index (Phi) is 16.5. The summed E-state index contributed by atoms with van der Waals surface area (Å²) in [6.07, 6.45) is 3.71. The van der Waals surface area contributed by atoms with Gasteiger partial charge in [-0.25, -0.2) is 0 Å². The average Bonchev–Trinajstić information content (AvgIpc) is 1.70. The Bertz CT molecular complexity index is 4520. The molecule has 0 aliphatic heterocycles. The van der Waals surface area contributed by atoms with Crippen molar-refractivity contribution in [3.05, 3.63) is 313 Å². The third-order valence-electron chi connectivity index (χ3n) is 16.1. The van der Waals surface area contributed by atoms with Gasteiger partial charge in [0, 0.05) is 43.6 Å². The number of hydrogen-bond acceptors (Lipinski definition) is 5. The fourth-order valence-corrected chi connectivity index (χ4v) is 11.7. The third kappa shape index (κ3) is 11.4. The van der Waals surface area contributed by atoms with Gasteiger partial charge in [0.15, 0.2) is 0 Å². The Morgan fingerprint density at radius 3 is 1.62 bits per heavy atom. The number of para-hydroxylation sites is 2. The van der Waals surface area contributed by atoms with Crippen LogP contribution in [0.2, 0.25) is 0 Å². The maximum atomic E-state index is 13.4. The van der Waals surface area contributed by atoms with Crippen LogP contribution in [-0.4, -0.2) is 24.6 Å². The van der Waals surface area contributed by atoms with Crippen molar-refractivity contribution in [2.75, 3.05) is 0 Å². The van der Waals surface area contributed by atoms with Crippen LogP contribution >= 0.6 is 0 Å². The van der Waals surface area contributed by atoms with Crippen molar-refractivity contribution in [2.24, 2.45) is 0 Å². The van der Waals surface area contributed by atoms with Crippen molar-refractivity contribution in [3.8, 4) is 72.8 Å². The fourth-order valence-electron chi connectivity index (χ4n) is 11.7. The van der Waals surface area contributed by atoms with E-state index in [9.17, 15) is 5.11 Å². The third-order valence-corrected chi connectivity index (χ3v) is 16.1. The first-order valence-corrected chi connectivity index (χ1v) is 29.1. The second-order valence-corrected chi connectivity index (χ2v) is 22.3. The molecule has 6 nitrogen and oxygen atoms in total. The van der Waals surface area contributed by atoms with E-state index in [1.165, 1.54) is 33.4 Å². The van der Waals surface area contributed by atoms with Crippen molar-refractivity contribution in [2.45, 2.75) is 51.6 Å². The molecule has 10 aromatic carbocycles. The van der Waals surface area contributed by atoms with Crippen LogP contribution in [0.5, 0.6) is 0 Å². The number of aromatic nitrogens is 4. The molecule has 1 atom stereocenters. The van der Waals surface area contributed by atoms with Gasteiger partial charge in [-0.2, -0.15) is 0 Å². The summed E-state index contributed by atoms with van der Waals surface area (Å²) in [4.78, 5) is 14.6. The Morgan fingerprint density at radius 2 is 1.03 bits per heavy atom. The number of aliphatic hydroxyl groups is 1. The molecule has 14 rings (SSSR count). The number of hydrogen-bond donors (Lipinski definition) is 1. The quantitative estimate of drug-likeness (QED) is 0.116. The van der Waals surface area contributed by atoms with Gasteiger partial charge < -0.3 is 19.1 Å². The van der Waals surface area contributed by atoms with E-state index in [-0.39, 0.29) is 38.4 Å². The number of benzene rings is 10. The zero-order valence-corrected chi connectivity index (χ0v) is 50.7. The van der Waals surface area contributed by atoms with Crippen LogP contribution in [-0.2, 0) is 32.1 Å². The molecule has 1 N–H and O–H groups in total. The van der Waals surface area contributed by atoms with Crippen LogP contribution in [0.15, 0.2) is 278 Å². The summed E-state index contributed by atoms with van der Waals surface area (Å²) < 4.78 is 9.39. The van der Waals surface area contributed by atoms with E-state index in [0.717, 1.165) is 77.7 Å². The molecular weight excluding hydrogens is 1230 g/mol. The number of fused-ring (bicyclic) bond motifs is 4. The van der Waals surface area contributed by atoms with Gasteiger partial charge in [0.05, 0.1) is 28.1 Å². The van der Waals surface area contributed by atoms with E-state index >= 15 is 0 Å². The fraction of sp³-hybridized carbons (Fsp3) is 0.101. The molecule has 4 heterocycles. The number of imidazole rings is 1. The van der Waals surface area contributed by atoms with Gasteiger partial charge in [0.2, 0.25) is 0 Å². The Balaban J connectivity index is 0.000000495. The number of nitrogens with zero attached hydrogens (tertiary/aromatic N) is 4. The second kappa shape index (κ2) is 24.9. The molecule has 1 unspecified atom stereocenters. The number of furan rings is 1. The summed E-state index contributed by atoms with van der Waals surface area (Å²) in [6.45, 7) is 9.12. The van der Waals surface area contributed by atoms with Crippen LogP contribution in [0.1, 0.15) is 67.5 Å². The smallest absolute Gasteiger partial charge is 0.134 e. The molecular formula is C79H62IrN4O2-2. The zero-order chi connectivity index (χ0) is 57.9. The first-order valence-electron chi connectivity index (χ1n) is 29.1. The summed E-state index contributed by atoms with van der Waals surface area (Å²) in [5.74, 6) is 1.03. The minimum Gasteiger partial charge on any atom is -0.501 e. The Labute approximate surface area is 516 Å². The van der Waals surface area contributed by atoms with Crippen LogP contribution < -0.4 is 0 Å². The molecule has 0 fully saturated rings. The molecule has 421 valence electrons. The van der Waals surface area contributed by atoms with Gasteiger partial charge >= 0.3 is 0 Å². The standard InChI is InChI=1S/C68H54N3O2.C11H8N.Ir/c1-44(2)56-41-54(52-29-27-50(28-30-52)47-18-8-5-9-19-47)42-57(45(3)4)65(56)71-62-25-15-14-24-61(62)70-67(71)60-39-46(38-59-58-40-53(49-22-12-7-13-23-49)33-36-63(58)73-66(59)60)43-68(72,64-26-16-17-37-69-64)55-34-31-51(32-35-55)48-20-10-6-11-21-48;1-2-6-10(7-3-1)11-8-4-5-9-12-11;/h5-38,40-42,44-45,72H,43H2,1-4H3;1-6,8-9H;/q2*-1;. The molecule has 0 aliphatic rings. The van der Waals surface area contributed by atoms with E-state index < -0.39 is 5.60 Å². The van der Waals surface area contributed by atoms with E-state index in [0.29, 0.717) is 22.7 Å². The maximum absolute atomic E-state index is 13.4. The number of pyridine rings is 2. The van der Waals surface area contributed by atoms with Gasteiger partial charge in [-0.05, 0) is 140 Å². The summed E-state index contributed by atoms with van der Waals surface area (Å²) >= 11 is 0. The SMILES string of the molecule is CC(C)c1cc(-c2ccc(-c3ccccc3)cc2)cc(C(C)C)c1-n1c(-c2[c-]c(CC(O)(c3ccc(-c4ccccc4)cc3)c3ccccn3)cc3c2oc2ccc(-c4ccccc4)cc23)nc2ccccc21.[Ir].[c-]1ccccc1-c1ccccn1. The van der Waals surface area contributed by atoms with Crippen molar-refractivity contribution < 1.29 is 29.6 Å². The van der Waals surface area contributed by atoms with Gasteiger partial charge in [-0.3, -0.25) is 9.97 Å². The van der Waals surface area contributed by atoms with E-state index in [1.807, 2.05) is 97.1 Å². The van der Waals surface area contributed by atoms with Crippen molar-refractivity contribution >= 4 is 33.0 Å². The Hall–Kier alpha value is -9.62. The molecule has 1 radical (unpaired) electrons. The monoisotopic (exact) mass is 1290 g/mol. The molecule has 4 aromatic heterocycles. The summed E-state index contributed by atoms with van der Waals surface area (Å²) in [5, 5.41) is 15.3. The predicted molar refractivity (Wildman–Crippen MR) is 348 cm³/mol. The summed E-state index contributed by atoms with van der Waals surface area (Å²) in [7, 11) is 0. The van der Waals surface area contributed by atoms with Crippen LogP contribution in [0.25, 0.3) is 106 Å². The first kappa shape index (κ1) is 56.8. The average molecular weight is 1290 g/mol. The molecule has 0 saturated heterocycles. The van der Waals surface area contributed by atoms with Crippen molar-refractivity contribution in [1.82, 2.24) is 19.5 Å². The predicted octanol–water partition coefficient (Wildman–Crippen LogP) is 19.7. The molecule has 14 aromatic rings. The zero-order valence-electron chi connectivity index (χ0n) is 48.3. The van der Waals surface area contributed by atoms with Gasteiger partial charge in [-0.1, -0.05) is 215 Å². The van der Waals surface area contributed by atoms with Gasteiger partial charge in [0.25, 0.3) is 0 Å². The van der Waals surface area contributed by atoms with E-state index in [2.05, 4.69) is 213 Å². The topological polar surface area (TPSA) is 77.0 Å². The van der Waals surface area contributed by atoms with Crippen molar-refractivity contribution in [1.29, 1.82) is 0 Å². The molecule has 0 saturated carbocycles. The maximum Gasteiger partial charge on any atom is 0.134 e. The van der Waals surface area contributed by atoms with Gasteiger partial charge in [0.1, 0.15) is 11.2 Å².